The van der Waals surface area contributed by atoms with E-state index in [4.69, 9.17) is 11.5 Å². The van der Waals surface area contributed by atoms with Crippen molar-refractivity contribution in [2.24, 2.45) is 5.73 Å². The minimum atomic E-state index is -0.592. The zero-order valence-electron chi connectivity index (χ0n) is 11.0. The van der Waals surface area contributed by atoms with Crippen LogP contribution >= 0.6 is 0 Å². The number of carbonyl (C=O) groups is 1. The SMILES string of the molecule is CN(Cc1ccc(F)cc1)c1ncc(N)cc1C(N)=O. The third kappa shape index (κ3) is 3.03. The second-order valence-electron chi connectivity index (χ2n) is 4.49. The van der Waals surface area contributed by atoms with Crippen LogP contribution in [0.5, 0.6) is 0 Å². The average molecular weight is 274 g/mol. The molecule has 0 atom stereocenters. The molecule has 2 rings (SSSR count). The minimum Gasteiger partial charge on any atom is -0.397 e. The van der Waals surface area contributed by atoms with Crippen LogP contribution in [-0.4, -0.2) is 17.9 Å². The number of halogens is 1. The molecule has 0 fully saturated rings. The van der Waals surface area contributed by atoms with E-state index in [1.165, 1.54) is 24.4 Å². The normalized spacial score (nSPS) is 10.3. The fourth-order valence-corrected chi connectivity index (χ4v) is 1.90. The van der Waals surface area contributed by atoms with Crippen molar-refractivity contribution >= 4 is 17.4 Å². The lowest BCUT2D eigenvalue weighted by atomic mass is 10.2. The number of aromatic nitrogens is 1. The Morgan fingerprint density at radius 3 is 2.60 bits per heavy atom. The van der Waals surface area contributed by atoms with Gasteiger partial charge in [-0.25, -0.2) is 9.37 Å². The molecule has 0 bridgehead atoms. The zero-order valence-corrected chi connectivity index (χ0v) is 11.0. The van der Waals surface area contributed by atoms with Crippen LogP contribution in [0.4, 0.5) is 15.9 Å². The molecule has 1 amide bonds. The molecule has 0 aliphatic carbocycles. The number of pyridine rings is 1. The number of nitrogens with zero attached hydrogens (tertiary/aromatic N) is 2. The van der Waals surface area contributed by atoms with Gasteiger partial charge >= 0.3 is 0 Å². The molecule has 5 nitrogen and oxygen atoms in total. The van der Waals surface area contributed by atoms with Gasteiger partial charge in [-0.15, -0.1) is 0 Å². The van der Waals surface area contributed by atoms with E-state index in [-0.39, 0.29) is 11.4 Å². The number of rotatable bonds is 4. The summed E-state index contributed by atoms with van der Waals surface area (Å²) in [6, 6.07) is 7.61. The van der Waals surface area contributed by atoms with E-state index in [1.807, 2.05) is 0 Å². The van der Waals surface area contributed by atoms with Gasteiger partial charge in [0.15, 0.2) is 0 Å². The fraction of sp³-hybridized carbons (Fsp3) is 0.143. The molecule has 0 spiro atoms. The van der Waals surface area contributed by atoms with Crippen LogP contribution in [0.3, 0.4) is 0 Å². The lowest BCUT2D eigenvalue weighted by Gasteiger charge is -2.20. The van der Waals surface area contributed by atoms with Crippen molar-refractivity contribution in [3.63, 3.8) is 0 Å². The Balaban J connectivity index is 2.27. The molecule has 2 aromatic rings. The van der Waals surface area contributed by atoms with E-state index >= 15 is 0 Å². The summed E-state index contributed by atoms with van der Waals surface area (Å²) in [5.41, 5.74) is 12.5. The molecular weight excluding hydrogens is 259 g/mol. The highest BCUT2D eigenvalue weighted by Crippen LogP contribution is 2.20. The molecule has 0 radical (unpaired) electrons. The molecular formula is C14H15FN4O. The summed E-state index contributed by atoms with van der Waals surface area (Å²) in [7, 11) is 1.77. The van der Waals surface area contributed by atoms with Gasteiger partial charge in [0, 0.05) is 13.6 Å². The first kappa shape index (κ1) is 13.8. The highest BCUT2D eigenvalue weighted by atomic mass is 19.1. The van der Waals surface area contributed by atoms with Gasteiger partial charge in [-0.2, -0.15) is 0 Å². The number of nitrogens with two attached hydrogens (primary N) is 2. The van der Waals surface area contributed by atoms with Crippen LogP contribution in [0.2, 0.25) is 0 Å². The molecule has 104 valence electrons. The number of amides is 1. The van der Waals surface area contributed by atoms with Gasteiger partial charge in [0.1, 0.15) is 11.6 Å². The fourth-order valence-electron chi connectivity index (χ4n) is 1.90. The van der Waals surface area contributed by atoms with Crippen molar-refractivity contribution in [3.05, 3.63) is 53.5 Å². The van der Waals surface area contributed by atoms with Crippen molar-refractivity contribution < 1.29 is 9.18 Å². The predicted octanol–water partition coefficient (Wildman–Crippen LogP) is 1.54. The van der Waals surface area contributed by atoms with Crippen LogP contribution in [-0.2, 0) is 6.54 Å². The van der Waals surface area contributed by atoms with Crippen LogP contribution in [0.25, 0.3) is 0 Å². The first-order chi connectivity index (χ1) is 9.47. The van der Waals surface area contributed by atoms with Crippen molar-refractivity contribution in [2.75, 3.05) is 17.7 Å². The Morgan fingerprint density at radius 1 is 1.35 bits per heavy atom. The first-order valence-corrected chi connectivity index (χ1v) is 5.98. The molecule has 0 aliphatic heterocycles. The average Bonchev–Trinajstić information content (AvgIpc) is 2.41. The molecule has 6 heteroatoms. The highest BCUT2D eigenvalue weighted by molar-refractivity contribution is 5.98. The maximum atomic E-state index is 12.9. The smallest absolute Gasteiger partial charge is 0.252 e. The molecule has 4 N–H and O–H groups in total. The Morgan fingerprint density at radius 2 is 2.00 bits per heavy atom. The second kappa shape index (κ2) is 5.56. The zero-order chi connectivity index (χ0) is 14.7. The number of primary amides is 1. The largest absolute Gasteiger partial charge is 0.397 e. The van der Waals surface area contributed by atoms with E-state index in [1.54, 1.807) is 24.1 Å². The van der Waals surface area contributed by atoms with Crippen LogP contribution in [0.1, 0.15) is 15.9 Å². The molecule has 0 unspecified atom stereocenters. The monoisotopic (exact) mass is 274 g/mol. The molecule has 0 saturated heterocycles. The Bertz CT molecular complexity index is 628. The lowest BCUT2D eigenvalue weighted by molar-refractivity contribution is 0.100. The Labute approximate surface area is 116 Å². The van der Waals surface area contributed by atoms with Gasteiger partial charge < -0.3 is 16.4 Å². The summed E-state index contributed by atoms with van der Waals surface area (Å²) < 4.78 is 12.9. The quantitative estimate of drug-likeness (QED) is 0.885. The molecule has 0 saturated carbocycles. The van der Waals surface area contributed by atoms with Crippen LogP contribution in [0, 0.1) is 5.82 Å². The molecule has 1 aromatic carbocycles. The summed E-state index contributed by atoms with van der Waals surface area (Å²) in [6.07, 6.45) is 1.46. The van der Waals surface area contributed by atoms with Gasteiger partial charge in [-0.05, 0) is 23.8 Å². The number of carbonyl (C=O) groups excluding carboxylic acids is 1. The maximum absolute atomic E-state index is 12.9. The summed E-state index contributed by atoms with van der Waals surface area (Å²) in [6.45, 7) is 0.470. The number of hydrogen-bond donors (Lipinski definition) is 2. The van der Waals surface area contributed by atoms with Crippen molar-refractivity contribution in [2.45, 2.75) is 6.54 Å². The van der Waals surface area contributed by atoms with Crippen molar-refractivity contribution in [1.82, 2.24) is 4.98 Å². The summed E-state index contributed by atoms with van der Waals surface area (Å²) >= 11 is 0. The molecule has 1 aromatic heterocycles. The molecule has 1 heterocycles. The minimum absolute atomic E-state index is 0.259. The molecule has 20 heavy (non-hydrogen) atoms. The number of nitrogen functional groups attached to an aromatic ring is 1. The number of hydrogen-bond acceptors (Lipinski definition) is 4. The first-order valence-electron chi connectivity index (χ1n) is 5.98. The lowest BCUT2D eigenvalue weighted by Crippen LogP contribution is -2.23. The van der Waals surface area contributed by atoms with E-state index in [2.05, 4.69) is 4.98 Å². The van der Waals surface area contributed by atoms with Gasteiger partial charge in [0.05, 0.1) is 17.4 Å². The van der Waals surface area contributed by atoms with E-state index in [9.17, 15) is 9.18 Å². The van der Waals surface area contributed by atoms with Crippen LogP contribution < -0.4 is 16.4 Å². The Hall–Kier alpha value is -2.63. The van der Waals surface area contributed by atoms with Crippen molar-refractivity contribution in [3.8, 4) is 0 Å². The van der Waals surface area contributed by atoms with Gasteiger partial charge in [-0.1, -0.05) is 12.1 Å². The third-order valence-corrected chi connectivity index (χ3v) is 2.85. The maximum Gasteiger partial charge on any atom is 0.252 e. The third-order valence-electron chi connectivity index (χ3n) is 2.85. The van der Waals surface area contributed by atoms with Gasteiger partial charge in [-0.3, -0.25) is 4.79 Å². The standard InChI is InChI=1S/C14H15FN4O/c1-19(8-9-2-4-10(15)5-3-9)14-12(13(17)20)6-11(16)7-18-14/h2-7H,8,16H2,1H3,(H2,17,20). The van der Waals surface area contributed by atoms with Gasteiger partial charge in [0.2, 0.25) is 0 Å². The number of benzene rings is 1. The topological polar surface area (TPSA) is 85.2 Å². The second-order valence-corrected chi connectivity index (χ2v) is 4.49. The molecule has 0 aliphatic rings. The summed E-state index contributed by atoms with van der Waals surface area (Å²) in [4.78, 5) is 17.3. The van der Waals surface area contributed by atoms with E-state index in [0.717, 1.165) is 5.56 Å². The van der Waals surface area contributed by atoms with Gasteiger partial charge in [0.25, 0.3) is 5.91 Å². The highest BCUT2D eigenvalue weighted by Gasteiger charge is 2.14. The van der Waals surface area contributed by atoms with Crippen molar-refractivity contribution in [1.29, 1.82) is 0 Å². The van der Waals surface area contributed by atoms with Crippen LogP contribution in [0.15, 0.2) is 36.5 Å². The van der Waals surface area contributed by atoms with E-state index in [0.29, 0.717) is 18.1 Å². The predicted molar refractivity (Wildman–Crippen MR) is 75.7 cm³/mol. The summed E-state index contributed by atoms with van der Waals surface area (Å²) in [5, 5.41) is 0. The summed E-state index contributed by atoms with van der Waals surface area (Å²) in [5.74, 6) is -0.443. The Kier molecular flexibility index (Phi) is 3.84. The van der Waals surface area contributed by atoms with E-state index < -0.39 is 5.91 Å². The number of anilines is 2.